The van der Waals surface area contributed by atoms with Crippen LogP contribution >= 0.6 is 24.8 Å². The first-order valence-electron chi connectivity index (χ1n) is 11.0. The molecule has 0 radical (unpaired) electrons. The van der Waals surface area contributed by atoms with E-state index in [9.17, 15) is 0 Å². The van der Waals surface area contributed by atoms with Gasteiger partial charge in [0, 0.05) is 0 Å². The van der Waals surface area contributed by atoms with Gasteiger partial charge in [0.1, 0.15) is 0 Å². The van der Waals surface area contributed by atoms with Gasteiger partial charge in [-0.3, -0.25) is 0 Å². The van der Waals surface area contributed by atoms with Crippen LogP contribution in [0.5, 0.6) is 0 Å². The maximum atomic E-state index is 5.92. The second kappa shape index (κ2) is 11.1. The van der Waals surface area contributed by atoms with Crippen LogP contribution in [0, 0.1) is 13.8 Å². The van der Waals surface area contributed by atoms with E-state index in [1.807, 2.05) is 0 Å². The van der Waals surface area contributed by atoms with Crippen molar-refractivity contribution in [3.63, 3.8) is 0 Å². The fraction of sp³-hybridized carbons (Fsp3) is 0.417. The van der Waals surface area contributed by atoms with E-state index in [4.69, 9.17) is 24.8 Å². The van der Waals surface area contributed by atoms with Gasteiger partial charge in [-0.25, -0.2) is 0 Å². The van der Waals surface area contributed by atoms with Crippen molar-refractivity contribution in [3.05, 3.63) is 59.7 Å². The van der Waals surface area contributed by atoms with Crippen LogP contribution in [0.25, 0.3) is 0 Å². The predicted molar refractivity (Wildman–Crippen MR) is 136 cm³/mol. The summed E-state index contributed by atoms with van der Waals surface area (Å²) in [5.74, 6) is 0. The predicted octanol–water partition coefficient (Wildman–Crippen LogP) is 4.86. The number of nitrogens with zero attached hydrogens (tertiary/aromatic N) is 3. The van der Waals surface area contributed by atoms with E-state index in [0.717, 1.165) is 42.1 Å². The summed E-state index contributed by atoms with van der Waals surface area (Å²) in [6, 6.07) is 17.4. The molecule has 0 amide bonds. The molecule has 2 aromatic rings. The van der Waals surface area contributed by atoms with Crippen molar-refractivity contribution in [2.75, 3.05) is 36.4 Å². The molecule has 0 spiro atoms. The number of benzene rings is 2. The molecule has 31 heavy (non-hydrogen) atoms. The third-order valence-electron chi connectivity index (χ3n) is 6.04. The zero-order chi connectivity index (χ0) is 22.5. The molecular formula is C24H32HgN4S2+. The number of amidine groups is 1. The van der Waals surface area contributed by atoms with E-state index in [1.165, 1.54) is 16.8 Å². The Morgan fingerprint density at radius 2 is 1.81 bits per heavy atom. The van der Waals surface area contributed by atoms with Crippen molar-refractivity contribution in [3.8, 4) is 0 Å². The number of hydrogen-bond acceptors (Lipinski definition) is 1. The van der Waals surface area contributed by atoms with Crippen LogP contribution in [0.3, 0.4) is 0 Å². The van der Waals surface area contributed by atoms with Crippen LogP contribution in [0.1, 0.15) is 25.0 Å². The second-order valence-corrected chi connectivity index (χ2v) is 13.0. The number of thiol groups is 1. The molecule has 1 aliphatic heterocycles. The molecule has 1 heterocycles. The Kier molecular flexibility index (Phi) is 8.82. The average Bonchev–Trinajstić information content (AvgIpc) is 3.10. The van der Waals surface area contributed by atoms with Gasteiger partial charge < -0.3 is 0 Å². The molecule has 2 aromatic carbocycles. The van der Waals surface area contributed by atoms with E-state index < -0.39 is 0 Å². The van der Waals surface area contributed by atoms with Crippen LogP contribution in [0.4, 0.5) is 11.4 Å². The van der Waals surface area contributed by atoms with Gasteiger partial charge in [-0.05, 0) is 0 Å². The molecule has 1 N–H and O–H groups in total. The zero-order valence-electron chi connectivity index (χ0n) is 19.0. The molecule has 0 saturated carbocycles. The van der Waals surface area contributed by atoms with E-state index in [-0.39, 0.29) is 0 Å². The van der Waals surface area contributed by atoms with Gasteiger partial charge in [-0.15, -0.1) is 0 Å². The standard InChI is InChI=1S/C24H31N4S2.Hg/c1-5-26(23(29)25-21-13-9-7-11-18(21)3)16-15-20-17-27(6-2)24(30)28(20)22-14-10-8-12-19(22)4;/h7-15,20H,5-6,16-17H2,1-4H3,(H,25,29);/p+1. The number of hydrogen-bond donors (Lipinski definition) is 2. The summed E-state index contributed by atoms with van der Waals surface area (Å²) in [5, 5.41) is 5.40. The Hall–Kier alpha value is -1.11. The molecule has 7 heteroatoms. The molecule has 4 nitrogen and oxygen atoms in total. The second-order valence-electron chi connectivity index (χ2n) is 8.11. The van der Waals surface area contributed by atoms with Gasteiger partial charge in [0.05, 0.1) is 0 Å². The molecule has 0 aromatic heterocycles. The van der Waals surface area contributed by atoms with Crippen LogP contribution in [-0.2, 0) is 26.1 Å². The van der Waals surface area contributed by atoms with Crippen molar-refractivity contribution < 1.29 is 30.7 Å². The molecule has 161 valence electrons. The topological polar surface area (TPSA) is 21.5 Å². The molecule has 0 bridgehead atoms. The van der Waals surface area contributed by atoms with Crippen LogP contribution in [-0.4, -0.2) is 52.0 Å². The number of anilines is 2. The van der Waals surface area contributed by atoms with Gasteiger partial charge in [-0.2, -0.15) is 0 Å². The van der Waals surface area contributed by atoms with Crippen molar-refractivity contribution in [1.29, 1.82) is 0 Å². The summed E-state index contributed by atoms with van der Waals surface area (Å²) < 4.78 is 2.95. The number of nitrogens with one attached hydrogen (secondary N) is 1. The van der Waals surface area contributed by atoms with E-state index in [0.29, 0.717) is 35.6 Å². The summed E-state index contributed by atoms with van der Waals surface area (Å²) in [5.41, 5.74) is 4.87. The maximum absolute atomic E-state index is 5.92. The third kappa shape index (κ3) is 5.63. The Labute approximate surface area is 214 Å². The quantitative estimate of drug-likeness (QED) is 0.113. The Bertz CT molecular complexity index is 962. The molecule has 2 unspecified atom stereocenters. The van der Waals surface area contributed by atoms with Crippen molar-refractivity contribution in [2.45, 2.75) is 37.2 Å². The van der Waals surface area contributed by atoms with Crippen molar-refractivity contribution in [1.82, 2.24) is 4.90 Å². The summed E-state index contributed by atoms with van der Waals surface area (Å²) in [6.45, 7) is 12.6. The zero-order valence-corrected chi connectivity index (χ0v) is 26.2. The summed E-state index contributed by atoms with van der Waals surface area (Å²) in [4.78, 5) is 4.77. The minimum atomic E-state index is 0.408. The molecule has 0 aliphatic carbocycles. The molecule has 2 atom stereocenters. The number of para-hydroxylation sites is 2. The first kappa shape index (κ1) is 24.5. The fourth-order valence-corrected chi connectivity index (χ4v) is 7.49. The summed E-state index contributed by atoms with van der Waals surface area (Å²) in [7, 11) is 0. The van der Waals surface area contributed by atoms with Crippen LogP contribution < -0.4 is 10.2 Å². The Morgan fingerprint density at radius 3 is 2.42 bits per heavy atom. The molecule has 1 saturated heterocycles. The van der Waals surface area contributed by atoms with E-state index >= 15 is 0 Å². The van der Waals surface area contributed by atoms with Crippen LogP contribution in [0.15, 0.2) is 48.5 Å². The first-order chi connectivity index (χ1) is 14.9. The molecule has 1 aliphatic rings. The van der Waals surface area contributed by atoms with Gasteiger partial charge in [0.25, 0.3) is 0 Å². The van der Waals surface area contributed by atoms with Crippen LogP contribution in [0.2, 0.25) is 3.43 Å². The van der Waals surface area contributed by atoms with E-state index in [1.54, 1.807) is 0 Å². The molecule has 1 fully saturated rings. The van der Waals surface area contributed by atoms with Gasteiger partial charge in [0.2, 0.25) is 0 Å². The first-order valence-corrected chi connectivity index (χ1v) is 15.0. The SMILES string of the molecule is CCN1CC([CH]([Hg])C[N+](CC)=C(S)Nc2ccccc2C)N(c2ccccc2C)C1=S. The number of aryl methyl sites for hydroxylation is 2. The summed E-state index contributed by atoms with van der Waals surface area (Å²) in [6.07, 6.45) is 0. The molecule has 3 rings (SSSR count). The minimum absolute atomic E-state index is 0.408. The number of likely N-dealkylation sites (N-methyl/N-ethyl adjacent to an activating group) is 1. The Morgan fingerprint density at radius 1 is 1.16 bits per heavy atom. The van der Waals surface area contributed by atoms with Gasteiger partial charge >= 0.3 is 215 Å². The van der Waals surface area contributed by atoms with E-state index in [2.05, 4.69) is 95.9 Å². The Balaban J connectivity index is 1.85. The normalized spacial score (nSPS) is 18.3. The average molecular weight is 641 g/mol. The van der Waals surface area contributed by atoms with Gasteiger partial charge in [-0.1, -0.05) is 0 Å². The summed E-state index contributed by atoms with van der Waals surface area (Å²) >= 11 is 11.3. The molecular weight excluding hydrogens is 609 g/mol. The number of thiocarbonyl (C=S) groups is 1. The monoisotopic (exact) mass is 642 g/mol. The van der Waals surface area contributed by atoms with Gasteiger partial charge in [0.15, 0.2) is 0 Å². The van der Waals surface area contributed by atoms with Crippen molar-refractivity contribution >= 4 is 46.5 Å². The fourth-order valence-electron chi connectivity index (χ4n) is 4.10. The number of rotatable bonds is 7. The van der Waals surface area contributed by atoms with Crippen molar-refractivity contribution in [2.24, 2.45) is 0 Å². The third-order valence-corrected chi connectivity index (χ3v) is 10.0.